The number of aliphatic hydroxyl groups is 1. The highest BCUT2D eigenvalue weighted by Gasteiger charge is 2.53. The lowest BCUT2D eigenvalue weighted by Gasteiger charge is -2.55. The average molecular weight is 217 g/mol. The number of aliphatic hydroxyl groups excluding tert-OH is 1. The van der Waals surface area contributed by atoms with Crippen molar-refractivity contribution in [2.24, 2.45) is 5.73 Å². The Morgan fingerprint density at radius 1 is 1.06 bits per heavy atom. The molecule has 2 bridgehead atoms. The minimum absolute atomic E-state index is 0.0115. The number of benzene rings is 1. The first-order valence-corrected chi connectivity index (χ1v) is 6.17. The van der Waals surface area contributed by atoms with Crippen molar-refractivity contribution in [3.8, 4) is 0 Å². The van der Waals surface area contributed by atoms with E-state index in [1.165, 1.54) is 5.56 Å². The lowest BCUT2D eigenvalue weighted by atomic mass is 9.54. The van der Waals surface area contributed by atoms with Crippen LogP contribution in [-0.2, 0) is 5.41 Å². The molecule has 3 N–H and O–H groups in total. The summed E-state index contributed by atoms with van der Waals surface area (Å²) in [6, 6.07) is 10.5. The van der Waals surface area contributed by atoms with Gasteiger partial charge >= 0.3 is 0 Å². The predicted molar refractivity (Wildman–Crippen MR) is 64.1 cm³/mol. The zero-order chi connectivity index (χ0) is 11.2. The zero-order valence-corrected chi connectivity index (χ0v) is 9.52. The molecule has 3 aliphatic rings. The molecule has 86 valence electrons. The summed E-state index contributed by atoms with van der Waals surface area (Å²) in [4.78, 5) is 0. The monoisotopic (exact) mass is 217 g/mol. The van der Waals surface area contributed by atoms with Crippen molar-refractivity contribution in [1.82, 2.24) is 0 Å². The van der Waals surface area contributed by atoms with E-state index < -0.39 is 0 Å². The largest absolute Gasteiger partial charge is 0.392 e. The number of rotatable bonds is 1. The van der Waals surface area contributed by atoms with Crippen molar-refractivity contribution in [2.75, 3.05) is 0 Å². The SMILES string of the molecule is NC12CCC(c3ccccc3)(CC1)[C@@H](O)C2. The highest BCUT2D eigenvalue weighted by atomic mass is 16.3. The summed E-state index contributed by atoms with van der Waals surface area (Å²) in [6.45, 7) is 0. The molecule has 0 aliphatic heterocycles. The van der Waals surface area contributed by atoms with E-state index >= 15 is 0 Å². The fourth-order valence-electron chi connectivity index (χ4n) is 3.56. The Bertz CT molecular complexity index is 379. The number of fused-ring (bicyclic) bond motifs is 3. The third kappa shape index (κ3) is 1.33. The van der Waals surface area contributed by atoms with E-state index in [2.05, 4.69) is 24.3 Å². The lowest BCUT2D eigenvalue weighted by Crippen LogP contribution is -2.60. The third-order valence-corrected chi connectivity index (χ3v) is 4.72. The smallest absolute Gasteiger partial charge is 0.0654 e. The van der Waals surface area contributed by atoms with E-state index in [4.69, 9.17) is 5.73 Å². The van der Waals surface area contributed by atoms with Crippen LogP contribution in [0.3, 0.4) is 0 Å². The Balaban J connectivity index is 2.00. The van der Waals surface area contributed by atoms with Gasteiger partial charge < -0.3 is 10.8 Å². The minimum atomic E-state index is -0.262. The molecule has 2 nitrogen and oxygen atoms in total. The molecule has 0 amide bonds. The van der Waals surface area contributed by atoms with Crippen LogP contribution in [0, 0.1) is 0 Å². The van der Waals surface area contributed by atoms with Crippen molar-refractivity contribution in [3.05, 3.63) is 35.9 Å². The summed E-state index contributed by atoms with van der Waals surface area (Å²) >= 11 is 0. The van der Waals surface area contributed by atoms with Crippen LogP contribution < -0.4 is 5.73 Å². The normalized spacial score (nSPS) is 42.2. The molecule has 2 heteroatoms. The molecule has 3 saturated carbocycles. The van der Waals surface area contributed by atoms with Gasteiger partial charge in [-0.05, 0) is 37.7 Å². The van der Waals surface area contributed by atoms with Crippen LogP contribution in [0.15, 0.2) is 30.3 Å². The molecule has 1 aromatic carbocycles. The molecule has 0 unspecified atom stereocenters. The van der Waals surface area contributed by atoms with Gasteiger partial charge in [-0.3, -0.25) is 0 Å². The van der Waals surface area contributed by atoms with Gasteiger partial charge in [-0.2, -0.15) is 0 Å². The standard InChI is InChI=1S/C14H19NO/c15-13-6-8-14(9-7-13,12(16)10-13)11-4-2-1-3-5-11/h1-5,12,16H,6-10,15H2/t12-,13?,14?/m0/s1. The molecule has 4 rings (SSSR count). The first-order valence-electron chi connectivity index (χ1n) is 6.17. The Morgan fingerprint density at radius 2 is 1.69 bits per heavy atom. The second kappa shape index (κ2) is 3.31. The van der Waals surface area contributed by atoms with Gasteiger partial charge in [0.1, 0.15) is 0 Å². The quantitative estimate of drug-likeness (QED) is 0.755. The molecule has 0 heterocycles. The van der Waals surface area contributed by atoms with Crippen LogP contribution in [0.2, 0.25) is 0 Å². The fourth-order valence-corrected chi connectivity index (χ4v) is 3.56. The van der Waals surface area contributed by atoms with Crippen LogP contribution in [0.5, 0.6) is 0 Å². The molecule has 1 atom stereocenters. The molecular weight excluding hydrogens is 198 g/mol. The summed E-state index contributed by atoms with van der Waals surface area (Å²) in [6.07, 6.45) is 4.69. The Morgan fingerprint density at radius 3 is 2.25 bits per heavy atom. The zero-order valence-electron chi connectivity index (χ0n) is 9.52. The second-order valence-electron chi connectivity index (χ2n) is 5.60. The van der Waals surface area contributed by atoms with Crippen LogP contribution in [0.25, 0.3) is 0 Å². The van der Waals surface area contributed by atoms with Gasteiger partial charge in [0, 0.05) is 11.0 Å². The van der Waals surface area contributed by atoms with Crippen LogP contribution in [0.4, 0.5) is 0 Å². The molecule has 3 fully saturated rings. The summed E-state index contributed by atoms with van der Waals surface area (Å²) in [5.41, 5.74) is 7.46. The van der Waals surface area contributed by atoms with Crippen molar-refractivity contribution in [2.45, 2.75) is 49.2 Å². The molecule has 16 heavy (non-hydrogen) atoms. The van der Waals surface area contributed by atoms with E-state index in [1.54, 1.807) is 0 Å². The third-order valence-electron chi connectivity index (χ3n) is 4.72. The summed E-state index contributed by atoms with van der Waals surface area (Å²) in [5.74, 6) is 0. The van der Waals surface area contributed by atoms with Gasteiger partial charge in [0.05, 0.1) is 6.10 Å². The topological polar surface area (TPSA) is 46.2 Å². The van der Waals surface area contributed by atoms with Crippen LogP contribution >= 0.6 is 0 Å². The van der Waals surface area contributed by atoms with Gasteiger partial charge in [0.2, 0.25) is 0 Å². The molecule has 3 aliphatic carbocycles. The predicted octanol–water partition coefficient (Wildman–Crippen LogP) is 1.96. The molecule has 1 aromatic rings. The second-order valence-corrected chi connectivity index (χ2v) is 5.60. The Kier molecular flexibility index (Phi) is 2.13. The number of hydrogen-bond donors (Lipinski definition) is 2. The lowest BCUT2D eigenvalue weighted by molar-refractivity contribution is -0.0367. The first kappa shape index (κ1) is 10.3. The molecule has 0 aromatic heterocycles. The Hall–Kier alpha value is -0.860. The van der Waals surface area contributed by atoms with Crippen molar-refractivity contribution in [1.29, 1.82) is 0 Å². The maximum atomic E-state index is 10.4. The minimum Gasteiger partial charge on any atom is -0.392 e. The first-order chi connectivity index (χ1) is 7.65. The van der Waals surface area contributed by atoms with Gasteiger partial charge in [-0.15, -0.1) is 0 Å². The van der Waals surface area contributed by atoms with Gasteiger partial charge in [0.25, 0.3) is 0 Å². The molecular formula is C14H19NO. The fraction of sp³-hybridized carbons (Fsp3) is 0.571. The van der Waals surface area contributed by atoms with Crippen molar-refractivity contribution < 1.29 is 5.11 Å². The van der Waals surface area contributed by atoms with Crippen molar-refractivity contribution >= 4 is 0 Å². The van der Waals surface area contributed by atoms with E-state index in [0.29, 0.717) is 0 Å². The van der Waals surface area contributed by atoms with E-state index in [9.17, 15) is 5.11 Å². The molecule has 0 radical (unpaired) electrons. The highest BCUT2D eigenvalue weighted by Crippen LogP contribution is 2.52. The van der Waals surface area contributed by atoms with Crippen LogP contribution in [0.1, 0.15) is 37.7 Å². The highest BCUT2D eigenvalue weighted by molar-refractivity contribution is 5.31. The van der Waals surface area contributed by atoms with E-state index in [1.807, 2.05) is 6.07 Å². The Labute approximate surface area is 96.5 Å². The summed E-state index contributed by atoms with van der Waals surface area (Å²) < 4.78 is 0. The van der Waals surface area contributed by atoms with Gasteiger partial charge in [-0.25, -0.2) is 0 Å². The summed E-state index contributed by atoms with van der Waals surface area (Å²) in [5, 5.41) is 10.4. The van der Waals surface area contributed by atoms with Crippen LogP contribution in [-0.4, -0.2) is 16.7 Å². The van der Waals surface area contributed by atoms with E-state index in [0.717, 1.165) is 32.1 Å². The van der Waals surface area contributed by atoms with Crippen molar-refractivity contribution in [3.63, 3.8) is 0 Å². The maximum absolute atomic E-state index is 10.4. The van der Waals surface area contributed by atoms with Gasteiger partial charge in [0.15, 0.2) is 0 Å². The molecule has 0 saturated heterocycles. The van der Waals surface area contributed by atoms with E-state index in [-0.39, 0.29) is 17.1 Å². The average Bonchev–Trinajstić information content (AvgIpc) is 2.30. The summed E-state index contributed by atoms with van der Waals surface area (Å²) in [7, 11) is 0. The maximum Gasteiger partial charge on any atom is 0.0654 e. The molecule has 0 spiro atoms. The van der Waals surface area contributed by atoms with Gasteiger partial charge in [-0.1, -0.05) is 30.3 Å². The number of hydrogen-bond acceptors (Lipinski definition) is 2. The number of nitrogens with two attached hydrogens (primary N) is 1.